The summed E-state index contributed by atoms with van der Waals surface area (Å²) in [6.45, 7) is 17.3. The number of rotatable bonds is 11. The molecule has 0 atom stereocenters. The fourth-order valence-corrected chi connectivity index (χ4v) is 3.69. The number of alkyl carbamates (subject to hydrolysis) is 1. The fourth-order valence-electron chi connectivity index (χ4n) is 3.69. The van der Waals surface area contributed by atoms with E-state index in [0.717, 1.165) is 70.8 Å². The van der Waals surface area contributed by atoms with E-state index in [1.807, 2.05) is 20.8 Å². The maximum absolute atomic E-state index is 12.4. The average Bonchev–Trinajstić information content (AvgIpc) is 2.71. The molecule has 0 aromatic heterocycles. The number of nitrogens with zero attached hydrogens (tertiary/aromatic N) is 2. The van der Waals surface area contributed by atoms with E-state index >= 15 is 0 Å². The zero-order chi connectivity index (χ0) is 23.3. The highest BCUT2D eigenvalue weighted by Gasteiger charge is 2.30. The number of piperidine rings is 1. The molecule has 3 N–H and O–H groups in total. The first-order valence-electron chi connectivity index (χ1n) is 11.9. The normalized spacial score (nSPS) is 16.3. The average molecular weight is 570 g/mol. The lowest BCUT2D eigenvalue weighted by Gasteiger charge is -2.34. The van der Waals surface area contributed by atoms with Gasteiger partial charge in [-0.25, -0.2) is 4.79 Å². The quantitative estimate of drug-likeness (QED) is 0.152. The van der Waals surface area contributed by atoms with Crippen molar-refractivity contribution < 1.29 is 14.3 Å². The zero-order valence-corrected chi connectivity index (χ0v) is 23.7. The third kappa shape index (κ3) is 12.4. The van der Waals surface area contributed by atoms with Crippen molar-refractivity contribution in [2.45, 2.75) is 90.8 Å². The molecule has 0 aliphatic carbocycles. The summed E-state index contributed by atoms with van der Waals surface area (Å²) in [6.07, 6.45) is 4.46. The first-order valence-corrected chi connectivity index (χ1v) is 11.9. The maximum atomic E-state index is 12.4. The van der Waals surface area contributed by atoms with Gasteiger partial charge >= 0.3 is 6.09 Å². The van der Waals surface area contributed by atoms with Gasteiger partial charge in [-0.15, -0.1) is 24.0 Å². The van der Waals surface area contributed by atoms with E-state index in [4.69, 9.17) is 14.5 Å². The SMILES string of the molecule is CCNC(=NCC(CC)(CC)NC(=O)OC(C)(C)C)NC1CCN(CCCOC)CC1.I. The summed E-state index contributed by atoms with van der Waals surface area (Å²) in [4.78, 5) is 19.7. The summed E-state index contributed by atoms with van der Waals surface area (Å²) in [5, 5.41) is 10.0. The van der Waals surface area contributed by atoms with E-state index in [9.17, 15) is 4.79 Å². The molecule has 1 amide bonds. The molecule has 1 aliphatic heterocycles. The van der Waals surface area contributed by atoms with Crippen molar-refractivity contribution in [1.29, 1.82) is 0 Å². The summed E-state index contributed by atoms with van der Waals surface area (Å²) in [6, 6.07) is 0.410. The number of guanidine groups is 1. The van der Waals surface area contributed by atoms with Crippen LogP contribution >= 0.6 is 24.0 Å². The second-order valence-corrected chi connectivity index (χ2v) is 9.42. The van der Waals surface area contributed by atoms with Gasteiger partial charge < -0.3 is 30.3 Å². The van der Waals surface area contributed by atoms with E-state index in [2.05, 4.69) is 41.6 Å². The summed E-state index contributed by atoms with van der Waals surface area (Å²) in [5.41, 5.74) is -0.940. The molecule has 0 spiro atoms. The van der Waals surface area contributed by atoms with Crippen LogP contribution in [0.4, 0.5) is 4.79 Å². The van der Waals surface area contributed by atoms with Crippen LogP contribution in [-0.2, 0) is 9.47 Å². The molecule has 0 aromatic rings. The van der Waals surface area contributed by atoms with E-state index in [1.54, 1.807) is 7.11 Å². The van der Waals surface area contributed by atoms with Gasteiger partial charge in [0.25, 0.3) is 0 Å². The smallest absolute Gasteiger partial charge is 0.408 e. The van der Waals surface area contributed by atoms with Crippen LogP contribution in [0.5, 0.6) is 0 Å². The zero-order valence-electron chi connectivity index (χ0n) is 21.4. The molecule has 0 aromatic carbocycles. The number of aliphatic imine (C=N–C) groups is 1. The molecule has 0 saturated carbocycles. The lowest BCUT2D eigenvalue weighted by molar-refractivity contribution is 0.0451. The molecule has 9 heteroatoms. The van der Waals surface area contributed by atoms with Crippen molar-refractivity contribution in [1.82, 2.24) is 20.9 Å². The minimum atomic E-state index is -0.518. The Labute approximate surface area is 213 Å². The van der Waals surface area contributed by atoms with Crippen molar-refractivity contribution in [2.24, 2.45) is 4.99 Å². The molecule has 0 unspecified atom stereocenters. The topological polar surface area (TPSA) is 87.2 Å². The molecular weight excluding hydrogens is 521 g/mol. The number of halogens is 1. The Balaban J connectivity index is 0.00000961. The molecule has 32 heavy (non-hydrogen) atoms. The van der Waals surface area contributed by atoms with Crippen LogP contribution in [0.3, 0.4) is 0 Å². The number of methoxy groups -OCH3 is 1. The predicted molar refractivity (Wildman–Crippen MR) is 143 cm³/mol. The Morgan fingerprint density at radius 1 is 1.12 bits per heavy atom. The third-order valence-corrected chi connectivity index (χ3v) is 5.75. The minimum absolute atomic E-state index is 0. The number of ether oxygens (including phenoxy) is 2. The summed E-state index contributed by atoms with van der Waals surface area (Å²) in [5.74, 6) is 0.817. The molecule has 1 saturated heterocycles. The largest absolute Gasteiger partial charge is 0.444 e. The highest BCUT2D eigenvalue weighted by Crippen LogP contribution is 2.18. The molecule has 190 valence electrons. The van der Waals surface area contributed by atoms with Crippen molar-refractivity contribution in [2.75, 3.05) is 46.4 Å². The standard InChI is InChI=1S/C23H47N5O3.HI/c1-8-23(9-2,27-21(29)31-22(4,5)6)18-25-20(24-10-3)26-19-12-15-28(16-13-19)14-11-17-30-7;/h19H,8-18H2,1-7H3,(H,27,29)(H2,24,25,26);1H. The number of likely N-dealkylation sites (tertiary alicyclic amines) is 1. The van der Waals surface area contributed by atoms with Gasteiger partial charge in [0.15, 0.2) is 5.96 Å². The molecule has 0 radical (unpaired) electrons. The highest BCUT2D eigenvalue weighted by molar-refractivity contribution is 14.0. The van der Waals surface area contributed by atoms with Crippen LogP contribution in [0.2, 0.25) is 0 Å². The molecule has 1 rings (SSSR count). The predicted octanol–water partition coefficient (Wildman–Crippen LogP) is 3.74. The minimum Gasteiger partial charge on any atom is -0.444 e. The Hall–Kier alpha value is -0.810. The van der Waals surface area contributed by atoms with Crippen molar-refractivity contribution >= 4 is 36.0 Å². The van der Waals surface area contributed by atoms with E-state index in [0.29, 0.717) is 12.6 Å². The van der Waals surface area contributed by atoms with Gasteiger partial charge in [-0.2, -0.15) is 0 Å². The lowest BCUT2D eigenvalue weighted by atomic mass is 9.93. The summed E-state index contributed by atoms with van der Waals surface area (Å²) in [7, 11) is 1.76. The second-order valence-electron chi connectivity index (χ2n) is 9.42. The van der Waals surface area contributed by atoms with Crippen molar-refractivity contribution in [3.05, 3.63) is 0 Å². The number of hydrogen-bond donors (Lipinski definition) is 3. The first kappa shape index (κ1) is 31.2. The first-order chi connectivity index (χ1) is 14.7. The van der Waals surface area contributed by atoms with Crippen molar-refractivity contribution in [3.8, 4) is 0 Å². The number of nitrogens with one attached hydrogen (secondary N) is 3. The van der Waals surface area contributed by atoms with Gasteiger partial charge in [0.05, 0.1) is 12.1 Å². The lowest BCUT2D eigenvalue weighted by Crippen LogP contribution is -2.53. The summed E-state index contributed by atoms with van der Waals surface area (Å²) >= 11 is 0. The van der Waals surface area contributed by atoms with Gasteiger partial charge in [-0.3, -0.25) is 4.99 Å². The van der Waals surface area contributed by atoms with Crippen LogP contribution in [0.1, 0.15) is 73.6 Å². The molecule has 8 nitrogen and oxygen atoms in total. The van der Waals surface area contributed by atoms with Gasteiger partial charge in [0.1, 0.15) is 5.60 Å². The number of hydrogen-bond acceptors (Lipinski definition) is 5. The van der Waals surface area contributed by atoms with Gasteiger partial charge in [-0.05, 0) is 59.8 Å². The number of carbonyl (C=O) groups is 1. The molecule has 1 heterocycles. The Morgan fingerprint density at radius 3 is 2.25 bits per heavy atom. The van der Waals surface area contributed by atoms with Crippen LogP contribution in [-0.4, -0.2) is 80.6 Å². The molecule has 0 bridgehead atoms. The Kier molecular flexibility index (Phi) is 15.5. The van der Waals surface area contributed by atoms with Crippen LogP contribution in [0.25, 0.3) is 0 Å². The van der Waals surface area contributed by atoms with Crippen LogP contribution in [0.15, 0.2) is 4.99 Å². The van der Waals surface area contributed by atoms with Gasteiger partial charge in [0.2, 0.25) is 0 Å². The Bertz CT molecular complexity index is 542. The fraction of sp³-hybridized carbons (Fsp3) is 0.913. The Morgan fingerprint density at radius 2 is 1.75 bits per heavy atom. The van der Waals surface area contributed by atoms with Crippen molar-refractivity contribution in [3.63, 3.8) is 0 Å². The molecular formula is C23H48IN5O3. The van der Waals surface area contributed by atoms with Crippen LogP contribution in [0, 0.1) is 0 Å². The maximum Gasteiger partial charge on any atom is 0.408 e. The monoisotopic (exact) mass is 569 g/mol. The second kappa shape index (κ2) is 15.9. The van der Waals surface area contributed by atoms with E-state index in [1.165, 1.54) is 0 Å². The third-order valence-electron chi connectivity index (χ3n) is 5.75. The van der Waals surface area contributed by atoms with Gasteiger partial charge in [0, 0.05) is 45.9 Å². The number of carbonyl (C=O) groups excluding carboxylic acids is 1. The van der Waals surface area contributed by atoms with Crippen LogP contribution < -0.4 is 16.0 Å². The molecule has 1 aliphatic rings. The van der Waals surface area contributed by atoms with E-state index < -0.39 is 11.1 Å². The molecule has 1 fully saturated rings. The summed E-state index contributed by atoms with van der Waals surface area (Å²) < 4.78 is 10.6. The van der Waals surface area contributed by atoms with Gasteiger partial charge in [-0.1, -0.05) is 13.8 Å². The van der Waals surface area contributed by atoms with E-state index in [-0.39, 0.29) is 30.1 Å². The number of amides is 1. The highest BCUT2D eigenvalue weighted by atomic mass is 127.